The smallest absolute Gasteiger partial charge is 0.320 e. The van der Waals surface area contributed by atoms with Gasteiger partial charge in [-0.25, -0.2) is 0 Å². The summed E-state index contributed by atoms with van der Waals surface area (Å²) in [5.74, 6) is -1.16. The first-order valence-corrected chi connectivity index (χ1v) is 5.73. The van der Waals surface area contributed by atoms with E-state index in [4.69, 9.17) is 9.84 Å². The minimum absolute atomic E-state index is 0.212. The van der Waals surface area contributed by atoms with Gasteiger partial charge in [0.15, 0.2) is 0 Å². The quantitative estimate of drug-likeness (QED) is 0.583. The van der Waals surface area contributed by atoms with E-state index in [2.05, 4.69) is 5.32 Å². The van der Waals surface area contributed by atoms with Gasteiger partial charge in [0.05, 0.1) is 13.0 Å². The van der Waals surface area contributed by atoms with Gasteiger partial charge < -0.3 is 15.2 Å². The van der Waals surface area contributed by atoms with Gasteiger partial charge in [0.25, 0.3) is 0 Å². The van der Waals surface area contributed by atoms with Crippen molar-refractivity contribution in [2.45, 2.75) is 45.6 Å². The zero-order chi connectivity index (χ0) is 12.4. The van der Waals surface area contributed by atoms with Crippen molar-refractivity contribution in [1.29, 1.82) is 0 Å². The third kappa shape index (κ3) is 7.23. The highest BCUT2D eigenvalue weighted by atomic mass is 16.5. The molecule has 0 saturated carbocycles. The molecule has 0 fully saturated rings. The molecule has 0 aromatic heterocycles. The van der Waals surface area contributed by atoms with Crippen molar-refractivity contribution in [2.24, 2.45) is 0 Å². The number of aliphatic carboxylic acids is 1. The van der Waals surface area contributed by atoms with E-state index in [1.165, 1.54) is 0 Å². The normalized spacial score (nSPS) is 12.1. The number of hydrogen-bond donors (Lipinski definition) is 2. The molecular formula is C11H21NO4. The van der Waals surface area contributed by atoms with Crippen molar-refractivity contribution >= 4 is 11.9 Å². The van der Waals surface area contributed by atoms with Gasteiger partial charge in [0.1, 0.15) is 6.04 Å². The van der Waals surface area contributed by atoms with E-state index in [1.807, 2.05) is 6.92 Å². The maximum absolute atomic E-state index is 11.0. The van der Waals surface area contributed by atoms with E-state index >= 15 is 0 Å². The lowest BCUT2D eigenvalue weighted by Crippen LogP contribution is -2.37. The number of carbonyl (C=O) groups excluding carboxylic acids is 1. The van der Waals surface area contributed by atoms with Gasteiger partial charge in [0.2, 0.25) is 0 Å². The molecule has 5 heteroatoms. The first kappa shape index (κ1) is 14.9. The van der Waals surface area contributed by atoms with Crippen LogP contribution in [0.5, 0.6) is 0 Å². The Hall–Kier alpha value is -1.10. The Morgan fingerprint density at radius 2 is 2.06 bits per heavy atom. The van der Waals surface area contributed by atoms with Gasteiger partial charge in [-0.1, -0.05) is 19.8 Å². The van der Waals surface area contributed by atoms with E-state index in [1.54, 1.807) is 6.92 Å². The molecule has 0 bridgehead atoms. The molecule has 16 heavy (non-hydrogen) atoms. The zero-order valence-corrected chi connectivity index (χ0v) is 9.99. The lowest BCUT2D eigenvalue weighted by atomic mass is 10.1. The lowest BCUT2D eigenvalue weighted by molar-refractivity contribution is -0.144. The van der Waals surface area contributed by atoms with Gasteiger partial charge in [-0.15, -0.1) is 0 Å². The van der Waals surface area contributed by atoms with Crippen LogP contribution in [0.2, 0.25) is 0 Å². The summed E-state index contributed by atoms with van der Waals surface area (Å²) in [7, 11) is 0. The van der Waals surface area contributed by atoms with Crippen LogP contribution >= 0.6 is 0 Å². The van der Waals surface area contributed by atoms with E-state index in [0.29, 0.717) is 19.6 Å². The fourth-order valence-corrected chi connectivity index (χ4v) is 1.30. The minimum atomic E-state index is -0.864. The van der Waals surface area contributed by atoms with Crippen LogP contribution in [0.3, 0.4) is 0 Å². The van der Waals surface area contributed by atoms with Gasteiger partial charge in [-0.05, 0) is 13.3 Å². The van der Waals surface area contributed by atoms with Gasteiger partial charge in [0, 0.05) is 6.54 Å². The van der Waals surface area contributed by atoms with Gasteiger partial charge >= 0.3 is 11.9 Å². The predicted molar refractivity (Wildman–Crippen MR) is 60.2 cm³/mol. The molecule has 2 N–H and O–H groups in total. The monoisotopic (exact) mass is 231 g/mol. The fourth-order valence-electron chi connectivity index (χ4n) is 1.30. The maximum atomic E-state index is 11.0. The average Bonchev–Trinajstić information content (AvgIpc) is 2.23. The van der Waals surface area contributed by atoms with Crippen molar-refractivity contribution in [2.75, 3.05) is 13.2 Å². The summed E-state index contributed by atoms with van der Waals surface area (Å²) in [6.45, 7) is 4.46. The molecule has 94 valence electrons. The van der Waals surface area contributed by atoms with Crippen LogP contribution in [0.25, 0.3) is 0 Å². The molecule has 0 saturated heterocycles. The molecule has 0 spiro atoms. The standard InChI is InChI=1S/C11H21NO4/c1-3-5-6-9(11(14)15)12-8-7-10(13)16-4-2/h9,12H,3-8H2,1-2H3,(H,14,15). The SMILES string of the molecule is CCCCC(NCCC(=O)OCC)C(=O)O. The number of carbonyl (C=O) groups is 2. The van der Waals surface area contributed by atoms with Crippen molar-refractivity contribution in [1.82, 2.24) is 5.32 Å². The molecule has 0 aromatic rings. The van der Waals surface area contributed by atoms with Crippen LogP contribution in [0, 0.1) is 0 Å². The highest BCUT2D eigenvalue weighted by Crippen LogP contribution is 2.01. The third-order valence-electron chi connectivity index (χ3n) is 2.17. The Labute approximate surface area is 96.2 Å². The van der Waals surface area contributed by atoms with Crippen LogP contribution in [0.15, 0.2) is 0 Å². The topological polar surface area (TPSA) is 75.6 Å². The Morgan fingerprint density at radius 1 is 1.38 bits per heavy atom. The van der Waals surface area contributed by atoms with Crippen LogP contribution in [-0.4, -0.2) is 36.2 Å². The minimum Gasteiger partial charge on any atom is -0.480 e. The Kier molecular flexibility index (Phi) is 8.52. The second-order valence-corrected chi connectivity index (χ2v) is 3.54. The zero-order valence-electron chi connectivity index (χ0n) is 9.99. The number of rotatable bonds is 9. The highest BCUT2D eigenvalue weighted by molar-refractivity contribution is 5.73. The Morgan fingerprint density at radius 3 is 2.56 bits per heavy atom. The maximum Gasteiger partial charge on any atom is 0.320 e. The summed E-state index contributed by atoms with van der Waals surface area (Å²) in [6.07, 6.45) is 2.63. The van der Waals surface area contributed by atoms with Crippen molar-refractivity contribution in [3.8, 4) is 0 Å². The summed E-state index contributed by atoms with van der Waals surface area (Å²) < 4.78 is 4.74. The number of nitrogens with one attached hydrogen (secondary N) is 1. The number of ether oxygens (including phenoxy) is 1. The first-order chi connectivity index (χ1) is 7.61. The molecule has 0 radical (unpaired) electrons. The first-order valence-electron chi connectivity index (χ1n) is 5.73. The Balaban J connectivity index is 3.75. The number of unbranched alkanes of at least 4 members (excludes halogenated alkanes) is 1. The van der Waals surface area contributed by atoms with E-state index in [-0.39, 0.29) is 12.4 Å². The summed E-state index contributed by atoms with van der Waals surface area (Å²) in [6, 6.07) is -0.561. The number of carboxylic acids is 1. The van der Waals surface area contributed by atoms with Crippen molar-refractivity contribution < 1.29 is 19.4 Å². The summed E-state index contributed by atoms with van der Waals surface area (Å²) in [4.78, 5) is 21.8. The number of esters is 1. The highest BCUT2D eigenvalue weighted by Gasteiger charge is 2.15. The molecule has 1 atom stereocenters. The second kappa shape index (κ2) is 9.15. The van der Waals surface area contributed by atoms with Crippen molar-refractivity contribution in [3.63, 3.8) is 0 Å². The van der Waals surface area contributed by atoms with E-state index in [0.717, 1.165) is 12.8 Å². The predicted octanol–water partition coefficient (Wildman–Crippen LogP) is 1.17. The molecule has 0 amide bonds. The average molecular weight is 231 g/mol. The van der Waals surface area contributed by atoms with Gasteiger partial charge in [-0.2, -0.15) is 0 Å². The molecule has 0 aromatic carbocycles. The third-order valence-corrected chi connectivity index (χ3v) is 2.17. The molecule has 0 aliphatic heterocycles. The van der Waals surface area contributed by atoms with E-state index in [9.17, 15) is 9.59 Å². The molecule has 5 nitrogen and oxygen atoms in total. The van der Waals surface area contributed by atoms with Crippen molar-refractivity contribution in [3.05, 3.63) is 0 Å². The fraction of sp³-hybridized carbons (Fsp3) is 0.818. The molecule has 0 rings (SSSR count). The number of hydrogen-bond acceptors (Lipinski definition) is 4. The van der Waals surface area contributed by atoms with Gasteiger partial charge in [-0.3, -0.25) is 9.59 Å². The Bertz CT molecular complexity index is 218. The molecule has 0 aliphatic rings. The summed E-state index contributed by atoms with van der Waals surface area (Å²) >= 11 is 0. The second-order valence-electron chi connectivity index (χ2n) is 3.54. The largest absolute Gasteiger partial charge is 0.480 e. The van der Waals surface area contributed by atoms with E-state index < -0.39 is 12.0 Å². The van der Waals surface area contributed by atoms with Crippen LogP contribution < -0.4 is 5.32 Å². The molecule has 0 heterocycles. The van der Waals surface area contributed by atoms with Crippen LogP contribution in [-0.2, 0) is 14.3 Å². The lowest BCUT2D eigenvalue weighted by Gasteiger charge is -2.13. The number of carboxylic acid groups (broad SMARTS) is 1. The summed E-state index contributed by atoms with van der Waals surface area (Å²) in [5.41, 5.74) is 0. The molecule has 0 aliphatic carbocycles. The van der Waals surface area contributed by atoms with Crippen LogP contribution in [0.4, 0.5) is 0 Å². The summed E-state index contributed by atoms with van der Waals surface area (Å²) in [5, 5.41) is 11.7. The molecular weight excluding hydrogens is 210 g/mol. The van der Waals surface area contributed by atoms with Crippen LogP contribution in [0.1, 0.15) is 39.5 Å². The molecule has 1 unspecified atom stereocenters.